The average Bonchev–Trinajstić information content (AvgIpc) is 2.32. The van der Waals surface area contributed by atoms with Gasteiger partial charge in [-0.25, -0.2) is 4.39 Å². The van der Waals surface area contributed by atoms with E-state index in [0.717, 1.165) is 14.3 Å². The van der Waals surface area contributed by atoms with Crippen molar-refractivity contribution in [2.75, 3.05) is 0 Å². The SMILES string of the molecule is N#Cc1c(Br)cccc1Sc1ccc(F)cc1. The molecule has 0 heterocycles. The van der Waals surface area contributed by atoms with Crippen molar-refractivity contribution in [2.24, 2.45) is 0 Å². The van der Waals surface area contributed by atoms with Crippen LogP contribution in [-0.4, -0.2) is 0 Å². The van der Waals surface area contributed by atoms with E-state index >= 15 is 0 Å². The van der Waals surface area contributed by atoms with E-state index in [1.165, 1.54) is 23.9 Å². The average molecular weight is 308 g/mol. The highest BCUT2D eigenvalue weighted by molar-refractivity contribution is 9.10. The molecule has 0 aliphatic heterocycles. The first-order valence-corrected chi connectivity index (χ1v) is 6.43. The molecule has 84 valence electrons. The maximum atomic E-state index is 12.8. The lowest BCUT2D eigenvalue weighted by molar-refractivity contribution is 0.626. The minimum Gasteiger partial charge on any atom is -0.207 e. The van der Waals surface area contributed by atoms with Gasteiger partial charge in [-0.1, -0.05) is 17.8 Å². The van der Waals surface area contributed by atoms with Gasteiger partial charge in [0.15, 0.2) is 0 Å². The molecule has 0 aliphatic rings. The van der Waals surface area contributed by atoms with Crippen LogP contribution >= 0.6 is 27.7 Å². The Labute approximate surface area is 111 Å². The Kier molecular flexibility index (Phi) is 3.82. The molecular formula is C13H7BrFNS. The number of rotatable bonds is 2. The highest BCUT2D eigenvalue weighted by atomic mass is 79.9. The van der Waals surface area contributed by atoms with Crippen LogP contribution in [0, 0.1) is 17.1 Å². The molecule has 0 radical (unpaired) electrons. The van der Waals surface area contributed by atoms with Crippen molar-refractivity contribution in [3.8, 4) is 6.07 Å². The van der Waals surface area contributed by atoms with E-state index < -0.39 is 0 Å². The zero-order chi connectivity index (χ0) is 12.3. The van der Waals surface area contributed by atoms with Gasteiger partial charge in [-0.2, -0.15) is 5.26 Å². The number of nitriles is 1. The van der Waals surface area contributed by atoms with Gasteiger partial charge < -0.3 is 0 Å². The number of benzene rings is 2. The van der Waals surface area contributed by atoms with Crippen LogP contribution < -0.4 is 0 Å². The second kappa shape index (κ2) is 5.35. The van der Waals surface area contributed by atoms with E-state index in [-0.39, 0.29) is 5.82 Å². The second-order valence-electron chi connectivity index (χ2n) is 3.28. The Hall–Kier alpha value is -1.31. The van der Waals surface area contributed by atoms with Crippen molar-refractivity contribution < 1.29 is 4.39 Å². The van der Waals surface area contributed by atoms with Gasteiger partial charge in [-0.05, 0) is 52.3 Å². The largest absolute Gasteiger partial charge is 0.207 e. The van der Waals surface area contributed by atoms with E-state index in [1.54, 1.807) is 12.1 Å². The van der Waals surface area contributed by atoms with Crippen molar-refractivity contribution in [3.63, 3.8) is 0 Å². The van der Waals surface area contributed by atoms with Crippen LogP contribution in [0.15, 0.2) is 56.7 Å². The van der Waals surface area contributed by atoms with Crippen molar-refractivity contribution in [3.05, 3.63) is 58.3 Å². The number of nitrogens with zero attached hydrogens (tertiary/aromatic N) is 1. The Morgan fingerprint density at radius 2 is 1.82 bits per heavy atom. The molecule has 2 aromatic carbocycles. The molecule has 0 aliphatic carbocycles. The molecular weight excluding hydrogens is 301 g/mol. The van der Waals surface area contributed by atoms with Crippen molar-refractivity contribution in [1.82, 2.24) is 0 Å². The molecule has 0 aromatic heterocycles. The van der Waals surface area contributed by atoms with Gasteiger partial charge in [-0.15, -0.1) is 0 Å². The molecule has 0 saturated heterocycles. The molecule has 4 heteroatoms. The van der Waals surface area contributed by atoms with Crippen LogP contribution in [0.1, 0.15) is 5.56 Å². The van der Waals surface area contributed by atoms with Crippen LogP contribution in [-0.2, 0) is 0 Å². The van der Waals surface area contributed by atoms with Crippen LogP contribution in [0.5, 0.6) is 0 Å². The number of hydrogen-bond acceptors (Lipinski definition) is 2. The summed E-state index contributed by atoms with van der Waals surface area (Å²) < 4.78 is 13.5. The minimum atomic E-state index is -0.260. The zero-order valence-corrected chi connectivity index (χ0v) is 11.1. The summed E-state index contributed by atoms with van der Waals surface area (Å²) in [7, 11) is 0. The predicted octanol–water partition coefficient (Wildman–Crippen LogP) is 4.61. The Morgan fingerprint density at radius 3 is 2.47 bits per heavy atom. The first-order chi connectivity index (χ1) is 8.20. The van der Waals surface area contributed by atoms with Crippen LogP contribution in [0.2, 0.25) is 0 Å². The van der Waals surface area contributed by atoms with Crippen LogP contribution in [0.25, 0.3) is 0 Å². The van der Waals surface area contributed by atoms with E-state index in [0.29, 0.717) is 5.56 Å². The van der Waals surface area contributed by atoms with Gasteiger partial charge in [-0.3, -0.25) is 0 Å². The van der Waals surface area contributed by atoms with E-state index in [4.69, 9.17) is 5.26 Å². The summed E-state index contributed by atoms with van der Waals surface area (Å²) in [6.45, 7) is 0. The first kappa shape index (κ1) is 12.2. The lowest BCUT2D eigenvalue weighted by Crippen LogP contribution is -1.83. The fourth-order valence-corrected chi connectivity index (χ4v) is 2.84. The fourth-order valence-electron chi connectivity index (χ4n) is 1.33. The molecule has 2 rings (SSSR count). The Balaban J connectivity index is 2.34. The standard InChI is InChI=1S/C13H7BrFNS/c14-12-2-1-3-13(11(12)8-16)17-10-6-4-9(15)5-7-10/h1-7H. The quantitative estimate of drug-likeness (QED) is 0.809. The van der Waals surface area contributed by atoms with E-state index in [1.807, 2.05) is 18.2 Å². The summed E-state index contributed by atoms with van der Waals surface area (Å²) in [5.41, 5.74) is 0.599. The van der Waals surface area contributed by atoms with Crippen molar-refractivity contribution >= 4 is 27.7 Å². The minimum absolute atomic E-state index is 0.260. The highest BCUT2D eigenvalue weighted by Crippen LogP contribution is 2.33. The van der Waals surface area contributed by atoms with Crippen LogP contribution in [0.3, 0.4) is 0 Å². The molecule has 1 nitrogen and oxygen atoms in total. The third-order valence-electron chi connectivity index (χ3n) is 2.13. The molecule has 2 aromatic rings. The van der Waals surface area contributed by atoms with Gasteiger partial charge >= 0.3 is 0 Å². The third-order valence-corrected chi connectivity index (χ3v) is 3.86. The Bertz CT molecular complexity index is 575. The lowest BCUT2D eigenvalue weighted by atomic mass is 10.2. The number of hydrogen-bond donors (Lipinski definition) is 0. The summed E-state index contributed by atoms with van der Waals surface area (Å²) in [5, 5.41) is 9.07. The van der Waals surface area contributed by atoms with Gasteiger partial charge in [0, 0.05) is 14.3 Å². The topological polar surface area (TPSA) is 23.8 Å². The molecule has 17 heavy (non-hydrogen) atoms. The highest BCUT2D eigenvalue weighted by Gasteiger charge is 2.07. The summed E-state index contributed by atoms with van der Waals surface area (Å²) in [4.78, 5) is 1.76. The molecule has 0 bridgehead atoms. The summed E-state index contributed by atoms with van der Waals surface area (Å²) in [6.07, 6.45) is 0. The molecule has 0 atom stereocenters. The van der Waals surface area contributed by atoms with Gasteiger partial charge in [0.1, 0.15) is 11.9 Å². The maximum absolute atomic E-state index is 12.8. The van der Waals surface area contributed by atoms with E-state index in [9.17, 15) is 4.39 Å². The fraction of sp³-hybridized carbons (Fsp3) is 0. The zero-order valence-electron chi connectivity index (χ0n) is 8.65. The van der Waals surface area contributed by atoms with E-state index in [2.05, 4.69) is 22.0 Å². The summed E-state index contributed by atoms with van der Waals surface area (Å²) in [5.74, 6) is -0.260. The first-order valence-electron chi connectivity index (χ1n) is 4.83. The summed E-state index contributed by atoms with van der Waals surface area (Å²) in [6, 6.07) is 13.9. The molecule has 0 fully saturated rings. The van der Waals surface area contributed by atoms with Gasteiger partial charge in [0.05, 0.1) is 5.56 Å². The monoisotopic (exact) mass is 307 g/mol. The Morgan fingerprint density at radius 1 is 1.12 bits per heavy atom. The smallest absolute Gasteiger partial charge is 0.123 e. The van der Waals surface area contributed by atoms with Crippen molar-refractivity contribution in [1.29, 1.82) is 5.26 Å². The predicted molar refractivity (Wildman–Crippen MR) is 69.4 cm³/mol. The molecule has 0 spiro atoms. The lowest BCUT2D eigenvalue weighted by Gasteiger charge is -2.05. The molecule has 0 unspecified atom stereocenters. The second-order valence-corrected chi connectivity index (χ2v) is 5.25. The summed E-state index contributed by atoms with van der Waals surface area (Å²) >= 11 is 4.78. The van der Waals surface area contributed by atoms with Gasteiger partial charge in [0.25, 0.3) is 0 Å². The normalized spacial score (nSPS) is 9.94. The third kappa shape index (κ3) is 2.87. The molecule has 0 amide bonds. The van der Waals surface area contributed by atoms with Crippen molar-refractivity contribution in [2.45, 2.75) is 9.79 Å². The van der Waals surface area contributed by atoms with Crippen LogP contribution in [0.4, 0.5) is 4.39 Å². The number of halogens is 2. The van der Waals surface area contributed by atoms with Gasteiger partial charge in [0.2, 0.25) is 0 Å². The maximum Gasteiger partial charge on any atom is 0.123 e. The molecule has 0 N–H and O–H groups in total. The molecule has 0 saturated carbocycles.